The average Bonchev–Trinajstić information content (AvgIpc) is 3.13. The maximum atomic E-state index is 12.9. The van der Waals surface area contributed by atoms with Crippen molar-refractivity contribution in [2.45, 2.75) is 33.9 Å². The molecule has 1 atom stereocenters. The average molecular weight is 333 g/mol. The molecule has 0 radical (unpaired) electrons. The number of nitrogens with zero attached hydrogens (tertiary/aromatic N) is 5. The van der Waals surface area contributed by atoms with Crippen LogP contribution in [0.1, 0.15) is 23.9 Å². The Hall–Kier alpha value is -2.15. The monoisotopic (exact) mass is 333 g/mol. The second kappa shape index (κ2) is 8.10. The molecule has 1 unspecified atom stereocenters. The Balaban J connectivity index is 2.12. The van der Waals surface area contributed by atoms with E-state index in [4.69, 9.17) is 4.74 Å². The Bertz CT molecular complexity index is 663. The molecule has 0 saturated heterocycles. The fourth-order valence-electron chi connectivity index (χ4n) is 2.78. The highest BCUT2D eigenvalue weighted by Crippen LogP contribution is 2.17. The predicted molar refractivity (Wildman–Crippen MR) is 91.4 cm³/mol. The summed E-state index contributed by atoms with van der Waals surface area (Å²) in [5, 5.41) is 8.63. The summed E-state index contributed by atoms with van der Waals surface area (Å²) in [6, 6.07) is 1.86. The van der Waals surface area contributed by atoms with Crippen LogP contribution in [0.2, 0.25) is 0 Å². The number of rotatable bonds is 8. The number of carbonyl (C=O) groups excluding carboxylic acids is 1. The van der Waals surface area contributed by atoms with Gasteiger partial charge >= 0.3 is 0 Å². The molecule has 2 rings (SSSR count). The highest BCUT2D eigenvalue weighted by Gasteiger charge is 2.23. The summed E-state index contributed by atoms with van der Waals surface area (Å²) in [6.45, 7) is 8.14. The van der Waals surface area contributed by atoms with E-state index in [0.29, 0.717) is 26.2 Å². The summed E-state index contributed by atoms with van der Waals surface area (Å²) in [5.41, 5.74) is 3.15. The quantitative estimate of drug-likeness (QED) is 0.735. The third kappa shape index (κ3) is 4.23. The number of ether oxygens (including phenoxy) is 1. The van der Waals surface area contributed by atoms with Gasteiger partial charge in [-0.1, -0.05) is 6.92 Å². The number of aryl methyl sites for hydroxylation is 2. The van der Waals surface area contributed by atoms with E-state index in [-0.39, 0.29) is 11.8 Å². The lowest BCUT2D eigenvalue weighted by molar-refractivity contribution is -0.136. The maximum Gasteiger partial charge on any atom is 0.227 e. The zero-order valence-electron chi connectivity index (χ0n) is 15.2. The Morgan fingerprint density at radius 3 is 2.71 bits per heavy atom. The maximum absolute atomic E-state index is 12.9. The lowest BCUT2D eigenvalue weighted by Gasteiger charge is -2.26. The van der Waals surface area contributed by atoms with Crippen molar-refractivity contribution < 1.29 is 9.53 Å². The first kappa shape index (κ1) is 18.2. The molecule has 0 aliphatic heterocycles. The van der Waals surface area contributed by atoms with Crippen LogP contribution in [-0.2, 0) is 29.7 Å². The molecule has 2 aromatic heterocycles. The third-order valence-electron chi connectivity index (χ3n) is 4.33. The van der Waals surface area contributed by atoms with Crippen LogP contribution < -0.4 is 0 Å². The first-order valence-corrected chi connectivity index (χ1v) is 8.18. The first-order chi connectivity index (χ1) is 11.4. The van der Waals surface area contributed by atoms with Crippen LogP contribution in [0.4, 0.5) is 0 Å². The van der Waals surface area contributed by atoms with Crippen molar-refractivity contribution in [3.8, 4) is 0 Å². The van der Waals surface area contributed by atoms with Gasteiger partial charge in [0.2, 0.25) is 5.91 Å². The van der Waals surface area contributed by atoms with E-state index in [1.165, 1.54) is 0 Å². The van der Waals surface area contributed by atoms with E-state index >= 15 is 0 Å². The van der Waals surface area contributed by atoms with Crippen molar-refractivity contribution in [1.29, 1.82) is 0 Å². The van der Waals surface area contributed by atoms with Gasteiger partial charge in [0, 0.05) is 50.9 Å². The van der Waals surface area contributed by atoms with Gasteiger partial charge in [0.15, 0.2) is 0 Å². The molecule has 7 heteroatoms. The summed E-state index contributed by atoms with van der Waals surface area (Å²) in [4.78, 5) is 14.8. The molecule has 24 heavy (non-hydrogen) atoms. The van der Waals surface area contributed by atoms with Crippen LogP contribution in [-0.4, -0.2) is 50.6 Å². The Kier molecular flexibility index (Phi) is 6.14. The fraction of sp³-hybridized carbons (Fsp3) is 0.588. The number of carbonyl (C=O) groups is 1. The van der Waals surface area contributed by atoms with E-state index in [2.05, 4.69) is 10.2 Å². The summed E-state index contributed by atoms with van der Waals surface area (Å²) in [6.07, 6.45) is 3.60. The van der Waals surface area contributed by atoms with Crippen LogP contribution >= 0.6 is 0 Å². The van der Waals surface area contributed by atoms with E-state index < -0.39 is 0 Å². The lowest BCUT2D eigenvalue weighted by Crippen LogP contribution is -2.38. The summed E-state index contributed by atoms with van der Waals surface area (Å²) in [5.74, 6) is -0.0516. The first-order valence-electron chi connectivity index (χ1n) is 8.18. The van der Waals surface area contributed by atoms with Crippen molar-refractivity contribution >= 4 is 5.91 Å². The number of amides is 1. The summed E-state index contributed by atoms with van der Waals surface area (Å²) >= 11 is 0. The van der Waals surface area contributed by atoms with Gasteiger partial charge in [-0.05, 0) is 19.9 Å². The Morgan fingerprint density at radius 1 is 1.42 bits per heavy atom. The molecule has 7 nitrogen and oxygen atoms in total. The van der Waals surface area contributed by atoms with E-state index in [9.17, 15) is 4.79 Å². The van der Waals surface area contributed by atoms with Crippen molar-refractivity contribution in [2.24, 2.45) is 13.0 Å². The highest BCUT2D eigenvalue weighted by atomic mass is 16.5. The Labute approximate surface area is 143 Å². The van der Waals surface area contributed by atoms with Crippen molar-refractivity contribution in [2.75, 3.05) is 20.3 Å². The molecule has 132 valence electrons. The van der Waals surface area contributed by atoms with Gasteiger partial charge in [-0.3, -0.25) is 14.2 Å². The molecule has 0 bridgehead atoms. The van der Waals surface area contributed by atoms with Gasteiger partial charge in [-0.25, -0.2) is 0 Å². The van der Waals surface area contributed by atoms with Crippen LogP contribution in [0.5, 0.6) is 0 Å². The van der Waals surface area contributed by atoms with Crippen molar-refractivity contribution in [1.82, 2.24) is 24.5 Å². The summed E-state index contributed by atoms with van der Waals surface area (Å²) in [7, 11) is 3.57. The van der Waals surface area contributed by atoms with Gasteiger partial charge in [0.1, 0.15) is 0 Å². The molecule has 0 N–H and O–H groups in total. The molecule has 1 amide bonds. The van der Waals surface area contributed by atoms with E-state index in [1.807, 2.05) is 49.7 Å². The lowest BCUT2D eigenvalue weighted by atomic mass is 10.1. The smallest absolute Gasteiger partial charge is 0.227 e. The molecular weight excluding hydrogens is 306 g/mol. The standard InChI is InChI=1S/C17H27N5O2/c1-13(11-22-8-6-7-18-22)17(23)21(9-10-24-5)12-16-14(2)19-20(4)15(16)3/h6-8,13H,9-12H2,1-5H3. The zero-order valence-corrected chi connectivity index (χ0v) is 15.2. The Morgan fingerprint density at radius 2 is 2.17 bits per heavy atom. The minimum Gasteiger partial charge on any atom is -0.383 e. The van der Waals surface area contributed by atoms with E-state index in [0.717, 1.165) is 17.0 Å². The third-order valence-corrected chi connectivity index (χ3v) is 4.33. The number of hydrogen-bond donors (Lipinski definition) is 0. The van der Waals surface area contributed by atoms with Gasteiger partial charge in [-0.15, -0.1) is 0 Å². The molecule has 0 aliphatic carbocycles. The molecule has 0 fully saturated rings. The summed E-state index contributed by atoms with van der Waals surface area (Å²) < 4.78 is 8.83. The predicted octanol–water partition coefficient (Wildman–Crippen LogP) is 1.54. The van der Waals surface area contributed by atoms with Gasteiger partial charge in [0.25, 0.3) is 0 Å². The minimum absolute atomic E-state index is 0.102. The zero-order chi connectivity index (χ0) is 17.7. The van der Waals surface area contributed by atoms with Crippen molar-refractivity contribution in [3.05, 3.63) is 35.4 Å². The van der Waals surface area contributed by atoms with Crippen LogP contribution in [0.25, 0.3) is 0 Å². The fourth-order valence-corrected chi connectivity index (χ4v) is 2.78. The SMILES string of the molecule is COCCN(Cc1c(C)nn(C)c1C)C(=O)C(C)Cn1cccn1. The van der Waals surface area contributed by atoms with E-state index in [1.54, 1.807) is 18.0 Å². The number of hydrogen-bond acceptors (Lipinski definition) is 4. The molecular formula is C17H27N5O2. The van der Waals surface area contributed by atoms with Crippen LogP contribution in [0, 0.1) is 19.8 Å². The molecule has 0 saturated carbocycles. The molecule has 0 spiro atoms. The molecule has 0 aliphatic rings. The number of methoxy groups -OCH3 is 1. The van der Waals surface area contributed by atoms with Gasteiger partial charge in [0.05, 0.1) is 24.8 Å². The van der Waals surface area contributed by atoms with Crippen LogP contribution in [0.15, 0.2) is 18.5 Å². The normalized spacial score (nSPS) is 12.4. The van der Waals surface area contributed by atoms with Crippen molar-refractivity contribution in [3.63, 3.8) is 0 Å². The number of aromatic nitrogens is 4. The molecule has 2 heterocycles. The highest BCUT2D eigenvalue weighted by molar-refractivity contribution is 5.78. The van der Waals surface area contributed by atoms with Crippen LogP contribution in [0.3, 0.4) is 0 Å². The van der Waals surface area contributed by atoms with Gasteiger partial charge < -0.3 is 9.64 Å². The minimum atomic E-state index is -0.154. The largest absolute Gasteiger partial charge is 0.383 e. The second-order valence-electron chi connectivity index (χ2n) is 6.15. The molecule has 0 aromatic carbocycles. The second-order valence-corrected chi connectivity index (χ2v) is 6.15. The topological polar surface area (TPSA) is 65.2 Å². The molecule has 2 aromatic rings. The van der Waals surface area contributed by atoms with Gasteiger partial charge in [-0.2, -0.15) is 10.2 Å².